The lowest BCUT2D eigenvalue weighted by Crippen LogP contribution is -2.45. The van der Waals surface area contributed by atoms with Crippen molar-refractivity contribution in [3.63, 3.8) is 0 Å². The van der Waals surface area contributed by atoms with Gasteiger partial charge in [-0.1, -0.05) is 13.3 Å². The largest absolute Gasteiger partial charge is 0.434 e. The van der Waals surface area contributed by atoms with Gasteiger partial charge in [-0.2, -0.15) is 13.2 Å². The third-order valence-corrected chi connectivity index (χ3v) is 5.37. The van der Waals surface area contributed by atoms with Crippen molar-refractivity contribution in [2.24, 2.45) is 10.9 Å². The molecule has 1 aliphatic rings. The average molecular weight is 490 g/mol. The molecule has 0 atom stereocenters. The van der Waals surface area contributed by atoms with Crippen LogP contribution in [0.25, 0.3) is 0 Å². The van der Waals surface area contributed by atoms with E-state index in [9.17, 15) is 13.2 Å². The van der Waals surface area contributed by atoms with E-state index in [1.54, 1.807) is 7.05 Å². The minimum atomic E-state index is -4.36. The molecule has 2 rings (SSSR count). The second-order valence-electron chi connectivity index (χ2n) is 6.14. The van der Waals surface area contributed by atoms with E-state index in [1.165, 1.54) is 19.3 Å². The Hall–Kier alpha value is -0.580. The standard InChI is InChI=1S/C16H25F3N4S.HI/c1-3-11-4-6-12(7-5-11)22-15(20-2)21-9-8-14-23-13(10-24-14)16(17,18)19;/h10-12H,3-9H2,1-2H3,(H2,20,21,22);1H. The van der Waals surface area contributed by atoms with Gasteiger partial charge in [0.25, 0.3) is 0 Å². The fourth-order valence-electron chi connectivity index (χ4n) is 2.95. The smallest absolute Gasteiger partial charge is 0.356 e. The van der Waals surface area contributed by atoms with Crippen molar-refractivity contribution in [3.05, 3.63) is 16.1 Å². The summed E-state index contributed by atoms with van der Waals surface area (Å²) in [4.78, 5) is 7.83. The number of nitrogens with zero attached hydrogens (tertiary/aromatic N) is 2. The SMILES string of the molecule is CCC1CCC(NC(=NC)NCCc2nc(C(F)(F)F)cs2)CC1.I. The molecule has 0 aliphatic heterocycles. The van der Waals surface area contributed by atoms with E-state index in [0.717, 1.165) is 35.5 Å². The highest BCUT2D eigenvalue weighted by Crippen LogP contribution is 2.30. The number of hydrogen-bond donors (Lipinski definition) is 2. The summed E-state index contributed by atoms with van der Waals surface area (Å²) in [5.41, 5.74) is -0.808. The molecule has 0 bridgehead atoms. The summed E-state index contributed by atoms with van der Waals surface area (Å²) in [5, 5.41) is 8.11. The van der Waals surface area contributed by atoms with Crippen LogP contribution in [-0.4, -0.2) is 30.6 Å². The van der Waals surface area contributed by atoms with Crippen LogP contribution in [-0.2, 0) is 12.6 Å². The molecular weight excluding hydrogens is 464 g/mol. The van der Waals surface area contributed by atoms with E-state index in [-0.39, 0.29) is 24.0 Å². The van der Waals surface area contributed by atoms with Gasteiger partial charge in [0, 0.05) is 31.4 Å². The molecule has 2 N–H and O–H groups in total. The molecule has 25 heavy (non-hydrogen) atoms. The van der Waals surface area contributed by atoms with Gasteiger partial charge in [0.15, 0.2) is 11.7 Å². The maximum absolute atomic E-state index is 12.5. The number of aliphatic imine (C=N–C) groups is 1. The second kappa shape index (κ2) is 10.5. The first-order valence-electron chi connectivity index (χ1n) is 8.41. The van der Waals surface area contributed by atoms with Crippen molar-refractivity contribution in [1.82, 2.24) is 15.6 Å². The van der Waals surface area contributed by atoms with E-state index in [0.29, 0.717) is 30.0 Å². The van der Waals surface area contributed by atoms with Crippen LogP contribution < -0.4 is 10.6 Å². The van der Waals surface area contributed by atoms with Crippen LogP contribution >= 0.6 is 35.3 Å². The Bertz CT molecular complexity index is 540. The molecule has 4 nitrogen and oxygen atoms in total. The Balaban J connectivity index is 0.00000312. The highest BCUT2D eigenvalue weighted by Gasteiger charge is 2.33. The summed E-state index contributed by atoms with van der Waals surface area (Å²) in [7, 11) is 1.71. The molecule has 144 valence electrons. The molecule has 1 aromatic rings. The van der Waals surface area contributed by atoms with Crippen molar-refractivity contribution < 1.29 is 13.2 Å². The highest BCUT2D eigenvalue weighted by molar-refractivity contribution is 14.0. The summed E-state index contributed by atoms with van der Waals surface area (Å²) >= 11 is 1.04. The van der Waals surface area contributed by atoms with E-state index in [4.69, 9.17) is 0 Å². The monoisotopic (exact) mass is 490 g/mol. The zero-order chi connectivity index (χ0) is 17.6. The van der Waals surface area contributed by atoms with Crippen molar-refractivity contribution >= 4 is 41.3 Å². The Labute approximate surface area is 168 Å². The van der Waals surface area contributed by atoms with Crippen molar-refractivity contribution in [2.75, 3.05) is 13.6 Å². The number of alkyl halides is 3. The molecule has 0 amide bonds. The highest BCUT2D eigenvalue weighted by atomic mass is 127. The Morgan fingerprint density at radius 3 is 2.52 bits per heavy atom. The number of halogens is 4. The van der Waals surface area contributed by atoms with Gasteiger partial charge in [-0.3, -0.25) is 4.99 Å². The number of aromatic nitrogens is 1. The van der Waals surface area contributed by atoms with E-state index < -0.39 is 11.9 Å². The number of hydrogen-bond acceptors (Lipinski definition) is 3. The average Bonchev–Trinajstić information content (AvgIpc) is 3.04. The molecule has 1 aromatic heterocycles. The van der Waals surface area contributed by atoms with Crippen LogP contribution in [0.4, 0.5) is 13.2 Å². The van der Waals surface area contributed by atoms with Gasteiger partial charge < -0.3 is 10.6 Å². The molecule has 0 spiro atoms. The first-order chi connectivity index (χ1) is 11.4. The lowest BCUT2D eigenvalue weighted by atomic mass is 9.84. The van der Waals surface area contributed by atoms with E-state index in [1.807, 2.05) is 0 Å². The predicted molar refractivity (Wildman–Crippen MR) is 107 cm³/mol. The van der Waals surface area contributed by atoms with Crippen LogP contribution in [0.5, 0.6) is 0 Å². The Morgan fingerprint density at radius 2 is 2.00 bits per heavy atom. The molecule has 1 heterocycles. The molecule has 0 unspecified atom stereocenters. The molecule has 1 fully saturated rings. The molecular formula is C16H26F3IN4S. The minimum absolute atomic E-state index is 0. The number of guanidine groups is 1. The molecule has 9 heteroatoms. The van der Waals surface area contributed by atoms with Crippen LogP contribution in [0.1, 0.15) is 49.7 Å². The summed E-state index contributed by atoms with van der Waals surface area (Å²) < 4.78 is 37.6. The first kappa shape index (κ1) is 22.5. The fourth-order valence-corrected chi connectivity index (χ4v) is 3.75. The normalized spacial score (nSPS) is 21.6. The summed E-state index contributed by atoms with van der Waals surface area (Å²) in [5.74, 6) is 1.55. The van der Waals surface area contributed by atoms with Crippen LogP contribution in [0.2, 0.25) is 0 Å². The van der Waals surface area contributed by atoms with Gasteiger partial charge >= 0.3 is 6.18 Å². The van der Waals surface area contributed by atoms with Crippen molar-refractivity contribution in [2.45, 2.75) is 57.7 Å². The maximum Gasteiger partial charge on any atom is 0.434 e. The Kier molecular flexibility index (Phi) is 9.47. The fraction of sp³-hybridized carbons (Fsp3) is 0.750. The first-order valence-corrected chi connectivity index (χ1v) is 9.29. The summed E-state index contributed by atoms with van der Waals surface area (Å²) in [6, 6.07) is 0.427. The number of nitrogens with one attached hydrogen (secondary N) is 2. The summed E-state index contributed by atoms with van der Waals surface area (Å²) in [6.07, 6.45) is 2.09. The molecule has 0 radical (unpaired) electrons. The number of rotatable bonds is 5. The third-order valence-electron chi connectivity index (χ3n) is 4.46. The van der Waals surface area contributed by atoms with Crippen LogP contribution in [0.15, 0.2) is 10.4 Å². The van der Waals surface area contributed by atoms with Crippen LogP contribution in [0, 0.1) is 5.92 Å². The Morgan fingerprint density at radius 1 is 1.32 bits per heavy atom. The topological polar surface area (TPSA) is 49.3 Å². The lowest BCUT2D eigenvalue weighted by Gasteiger charge is -2.29. The van der Waals surface area contributed by atoms with Gasteiger partial charge in [0.2, 0.25) is 0 Å². The van der Waals surface area contributed by atoms with Crippen LogP contribution in [0.3, 0.4) is 0 Å². The number of thiazole rings is 1. The third kappa shape index (κ3) is 7.28. The lowest BCUT2D eigenvalue weighted by molar-refractivity contribution is -0.140. The van der Waals surface area contributed by atoms with Crippen molar-refractivity contribution in [3.8, 4) is 0 Å². The van der Waals surface area contributed by atoms with E-state index in [2.05, 4.69) is 27.5 Å². The second-order valence-corrected chi connectivity index (χ2v) is 7.09. The molecule has 0 aromatic carbocycles. The quantitative estimate of drug-likeness (QED) is 0.364. The van der Waals surface area contributed by atoms with Crippen molar-refractivity contribution in [1.29, 1.82) is 0 Å². The van der Waals surface area contributed by atoms with Gasteiger partial charge in [0.1, 0.15) is 0 Å². The van der Waals surface area contributed by atoms with Gasteiger partial charge in [-0.25, -0.2) is 4.98 Å². The molecule has 1 aliphatic carbocycles. The minimum Gasteiger partial charge on any atom is -0.356 e. The maximum atomic E-state index is 12.5. The van der Waals surface area contributed by atoms with Gasteiger partial charge in [-0.15, -0.1) is 35.3 Å². The predicted octanol–water partition coefficient (Wildman–Crippen LogP) is 4.46. The summed E-state index contributed by atoms with van der Waals surface area (Å²) in [6.45, 7) is 2.75. The van der Waals surface area contributed by atoms with Gasteiger partial charge in [0.05, 0.1) is 5.01 Å². The van der Waals surface area contributed by atoms with Gasteiger partial charge in [-0.05, 0) is 31.6 Å². The zero-order valence-electron chi connectivity index (χ0n) is 14.5. The molecule has 1 saturated carbocycles. The van der Waals surface area contributed by atoms with E-state index >= 15 is 0 Å². The zero-order valence-corrected chi connectivity index (χ0v) is 17.7. The molecule has 0 saturated heterocycles.